The average Bonchev–Trinajstić information content (AvgIpc) is 2.56. The molecule has 3 rings (SSSR count). The first kappa shape index (κ1) is 17.3. The van der Waals surface area contributed by atoms with Gasteiger partial charge in [0.05, 0.1) is 13.1 Å². The van der Waals surface area contributed by atoms with Gasteiger partial charge in [-0.25, -0.2) is 0 Å². The van der Waals surface area contributed by atoms with Crippen molar-refractivity contribution in [2.24, 2.45) is 5.92 Å². The summed E-state index contributed by atoms with van der Waals surface area (Å²) in [4.78, 5) is 14.6. The molecule has 1 heterocycles. The van der Waals surface area contributed by atoms with Crippen LogP contribution in [0.25, 0.3) is 0 Å². The molecule has 0 aromatic heterocycles. The maximum absolute atomic E-state index is 12.8. The van der Waals surface area contributed by atoms with E-state index in [1.54, 1.807) is 0 Å². The van der Waals surface area contributed by atoms with Gasteiger partial charge in [-0.15, -0.1) is 0 Å². The molecule has 1 atom stereocenters. The Balaban J connectivity index is 1.57. The number of amides is 1. The highest BCUT2D eigenvalue weighted by Crippen LogP contribution is 2.23. The predicted molar refractivity (Wildman–Crippen MR) is 97.9 cm³/mol. The minimum absolute atomic E-state index is 0.0319. The molecule has 0 unspecified atom stereocenters. The van der Waals surface area contributed by atoms with E-state index >= 15 is 0 Å². The fraction of sp³-hybridized carbons (Fsp3) is 0.381. The first-order chi connectivity index (χ1) is 12.0. The van der Waals surface area contributed by atoms with Gasteiger partial charge in [0.1, 0.15) is 17.6 Å². The Bertz CT molecular complexity index is 708. The highest BCUT2D eigenvalue weighted by atomic mass is 16.5. The summed E-state index contributed by atoms with van der Waals surface area (Å²) >= 11 is 0. The largest absolute Gasteiger partial charge is 0.487 e. The predicted octanol–water partition coefficient (Wildman–Crippen LogP) is 3.69. The summed E-state index contributed by atoms with van der Waals surface area (Å²) in [7, 11) is 0. The maximum Gasteiger partial charge on any atom is 0.264 e. The average molecular weight is 339 g/mol. The van der Waals surface area contributed by atoms with Crippen LogP contribution in [0.2, 0.25) is 0 Å². The number of ether oxygens (including phenoxy) is 2. The van der Waals surface area contributed by atoms with Gasteiger partial charge in [-0.05, 0) is 42.7 Å². The standard InChI is InChI=1S/C21H25NO3/c1-15(2)20(25-18-11-7-8-16(3)12-18)21(23)22-13-19(14-22)24-17-9-5-4-6-10-17/h4-12,15,19-20H,13-14H2,1-3H3/t20-/m1/s1. The summed E-state index contributed by atoms with van der Waals surface area (Å²) in [6, 6.07) is 17.5. The molecular formula is C21H25NO3. The van der Waals surface area contributed by atoms with Gasteiger partial charge in [0, 0.05) is 0 Å². The Morgan fingerprint density at radius 1 is 1.04 bits per heavy atom. The number of para-hydroxylation sites is 1. The van der Waals surface area contributed by atoms with E-state index in [0.717, 1.165) is 17.1 Å². The molecule has 1 fully saturated rings. The van der Waals surface area contributed by atoms with Crippen LogP contribution >= 0.6 is 0 Å². The normalized spacial score (nSPS) is 15.6. The SMILES string of the molecule is Cc1cccc(O[C@@H](C(=O)N2CC(Oc3ccccc3)C2)C(C)C)c1. The fourth-order valence-corrected chi connectivity index (χ4v) is 2.87. The van der Waals surface area contributed by atoms with Crippen molar-refractivity contribution in [2.75, 3.05) is 13.1 Å². The van der Waals surface area contributed by atoms with E-state index in [0.29, 0.717) is 13.1 Å². The molecule has 2 aromatic rings. The minimum atomic E-state index is -0.473. The van der Waals surface area contributed by atoms with Crippen molar-refractivity contribution < 1.29 is 14.3 Å². The van der Waals surface area contributed by atoms with Crippen LogP contribution in [0.4, 0.5) is 0 Å². The van der Waals surface area contributed by atoms with Crippen molar-refractivity contribution in [2.45, 2.75) is 33.0 Å². The van der Waals surface area contributed by atoms with E-state index < -0.39 is 6.10 Å². The summed E-state index contributed by atoms with van der Waals surface area (Å²) in [6.07, 6.45) is -0.419. The van der Waals surface area contributed by atoms with E-state index in [1.807, 2.05) is 80.3 Å². The van der Waals surface area contributed by atoms with Crippen molar-refractivity contribution in [1.82, 2.24) is 4.90 Å². The Morgan fingerprint density at radius 2 is 1.72 bits per heavy atom. The van der Waals surface area contributed by atoms with E-state index in [2.05, 4.69) is 0 Å². The highest BCUT2D eigenvalue weighted by Gasteiger charge is 2.38. The molecule has 0 saturated carbocycles. The smallest absolute Gasteiger partial charge is 0.264 e. The number of rotatable bonds is 6. The molecule has 1 saturated heterocycles. The molecule has 0 aliphatic carbocycles. The third-order valence-corrected chi connectivity index (χ3v) is 4.31. The van der Waals surface area contributed by atoms with Gasteiger partial charge in [-0.2, -0.15) is 0 Å². The second-order valence-corrected chi connectivity index (χ2v) is 6.90. The number of likely N-dealkylation sites (tertiary alicyclic amines) is 1. The lowest BCUT2D eigenvalue weighted by Gasteiger charge is -2.41. The van der Waals surface area contributed by atoms with Gasteiger partial charge >= 0.3 is 0 Å². The van der Waals surface area contributed by atoms with Crippen LogP contribution in [0.3, 0.4) is 0 Å². The summed E-state index contributed by atoms with van der Waals surface area (Å²) in [5, 5.41) is 0. The van der Waals surface area contributed by atoms with Crippen LogP contribution in [-0.4, -0.2) is 36.1 Å². The molecule has 132 valence electrons. The third-order valence-electron chi connectivity index (χ3n) is 4.31. The Labute approximate surface area is 149 Å². The quantitative estimate of drug-likeness (QED) is 0.806. The zero-order valence-corrected chi connectivity index (χ0v) is 15.0. The number of carbonyl (C=O) groups is 1. The van der Waals surface area contributed by atoms with Crippen molar-refractivity contribution in [3.63, 3.8) is 0 Å². The molecule has 1 aliphatic heterocycles. The second-order valence-electron chi connectivity index (χ2n) is 6.90. The number of benzene rings is 2. The van der Waals surface area contributed by atoms with Gasteiger partial charge in [0.2, 0.25) is 0 Å². The van der Waals surface area contributed by atoms with Crippen LogP contribution in [0.15, 0.2) is 54.6 Å². The molecule has 2 aromatic carbocycles. The van der Waals surface area contributed by atoms with Crippen molar-refractivity contribution in [1.29, 1.82) is 0 Å². The van der Waals surface area contributed by atoms with Crippen LogP contribution in [0.1, 0.15) is 19.4 Å². The van der Waals surface area contributed by atoms with E-state index in [9.17, 15) is 4.79 Å². The van der Waals surface area contributed by atoms with Crippen LogP contribution in [0.5, 0.6) is 11.5 Å². The lowest BCUT2D eigenvalue weighted by molar-refractivity contribution is -0.149. The molecule has 0 N–H and O–H groups in total. The Kier molecular flexibility index (Phi) is 5.27. The number of hydrogen-bond donors (Lipinski definition) is 0. The van der Waals surface area contributed by atoms with E-state index in [4.69, 9.17) is 9.47 Å². The number of hydrogen-bond acceptors (Lipinski definition) is 3. The van der Waals surface area contributed by atoms with Crippen LogP contribution in [0, 0.1) is 12.8 Å². The van der Waals surface area contributed by atoms with Crippen LogP contribution in [-0.2, 0) is 4.79 Å². The molecule has 0 spiro atoms. The Hall–Kier alpha value is -2.49. The van der Waals surface area contributed by atoms with Gasteiger partial charge in [0.15, 0.2) is 6.10 Å². The monoisotopic (exact) mass is 339 g/mol. The first-order valence-corrected chi connectivity index (χ1v) is 8.77. The molecule has 1 aliphatic rings. The van der Waals surface area contributed by atoms with E-state index in [-0.39, 0.29) is 17.9 Å². The van der Waals surface area contributed by atoms with Gasteiger partial charge in [-0.3, -0.25) is 4.79 Å². The maximum atomic E-state index is 12.8. The molecule has 0 bridgehead atoms. The lowest BCUT2D eigenvalue weighted by atomic mass is 10.0. The summed E-state index contributed by atoms with van der Waals surface area (Å²) in [6.45, 7) is 7.24. The molecule has 4 nitrogen and oxygen atoms in total. The highest BCUT2D eigenvalue weighted by molar-refractivity contribution is 5.82. The number of carbonyl (C=O) groups excluding carboxylic acids is 1. The zero-order valence-electron chi connectivity index (χ0n) is 15.0. The molecule has 1 amide bonds. The Morgan fingerprint density at radius 3 is 2.36 bits per heavy atom. The van der Waals surface area contributed by atoms with Crippen molar-refractivity contribution >= 4 is 5.91 Å². The minimum Gasteiger partial charge on any atom is -0.487 e. The molecule has 4 heteroatoms. The molecule has 0 radical (unpaired) electrons. The third kappa shape index (κ3) is 4.32. The summed E-state index contributed by atoms with van der Waals surface area (Å²) in [5.74, 6) is 1.72. The van der Waals surface area contributed by atoms with E-state index in [1.165, 1.54) is 0 Å². The number of aryl methyl sites for hydroxylation is 1. The van der Waals surface area contributed by atoms with Gasteiger partial charge in [0.25, 0.3) is 5.91 Å². The topological polar surface area (TPSA) is 38.8 Å². The lowest BCUT2D eigenvalue weighted by Crippen LogP contribution is -2.60. The molecule has 25 heavy (non-hydrogen) atoms. The summed E-state index contributed by atoms with van der Waals surface area (Å²) in [5.41, 5.74) is 1.12. The van der Waals surface area contributed by atoms with Gasteiger partial charge in [-0.1, -0.05) is 44.2 Å². The van der Waals surface area contributed by atoms with Gasteiger partial charge < -0.3 is 14.4 Å². The molecular weight excluding hydrogens is 314 g/mol. The first-order valence-electron chi connectivity index (χ1n) is 8.77. The van der Waals surface area contributed by atoms with Crippen molar-refractivity contribution in [3.05, 3.63) is 60.2 Å². The fourth-order valence-electron chi connectivity index (χ4n) is 2.87. The second kappa shape index (κ2) is 7.60. The zero-order chi connectivity index (χ0) is 17.8. The van der Waals surface area contributed by atoms with Crippen molar-refractivity contribution in [3.8, 4) is 11.5 Å². The van der Waals surface area contributed by atoms with Crippen LogP contribution < -0.4 is 9.47 Å². The summed E-state index contributed by atoms with van der Waals surface area (Å²) < 4.78 is 11.9. The number of nitrogens with zero attached hydrogens (tertiary/aromatic N) is 1.